The Balaban J connectivity index is 2.40. The van der Waals surface area contributed by atoms with Gasteiger partial charge in [-0.2, -0.15) is 0 Å². The predicted octanol–water partition coefficient (Wildman–Crippen LogP) is 5.24. The molecule has 2 nitrogen and oxygen atoms in total. The minimum absolute atomic E-state index is 0.342. The molecule has 0 aromatic heterocycles. The summed E-state index contributed by atoms with van der Waals surface area (Å²) >= 11 is 17.8. The molecule has 0 aliphatic heterocycles. The fraction of sp³-hybridized carbons (Fsp3) is 0. The number of nitrogens with one attached hydrogen (secondary N) is 1. The van der Waals surface area contributed by atoms with Gasteiger partial charge in [-0.3, -0.25) is 0 Å². The lowest BCUT2D eigenvalue weighted by Crippen LogP contribution is -2.12. The molecule has 0 heterocycles. The molecule has 0 saturated heterocycles. The Labute approximate surface area is 138 Å². The highest BCUT2D eigenvalue weighted by atomic mass is 79.9. The highest BCUT2D eigenvalue weighted by molar-refractivity contribution is 9.10. The highest BCUT2D eigenvalue weighted by Gasteiger charge is 2.08. The van der Waals surface area contributed by atoms with Gasteiger partial charge in [0.05, 0.1) is 5.69 Å². The molecule has 6 heteroatoms. The second-order valence-electron chi connectivity index (χ2n) is 3.80. The summed E-state index contributed by atoms with van der Waals surface area (Å²) in [5.74, 6) is 0. The fourth-order valence-electron chi connectivity index (χ4n) is 1.57. The largest absolute Gasteiger partial charge is 0.389 e. The van der Waals surface area contributed by atoms with Crippen LogP contribution in [0, 0.1) is 0 Å². The number of benzene rings is 2. The molecule has 98 valence electrons. The van der Waals surface area contributed by atoms with Crippen LogP contribution in [-0.2, 0) is 0 Å². The summed E-state index contributed by atoms with van der Waals surface area (Å²) in [7, 11) is 0. The van der Waals surface area contributed by atoms with E-state index in [0.29, 0.717) is 10.0 Å². The number of hydrogen-bond acceptors (Lipinski definition) is 2. The second-order valence-corrected chi connectivity index (χ2v) is 6.45. The van der Waals surface area contributed by atoms with Crippen molar-refractivity contribution in [2.75, 3.05) is 5.32 Å². The average molecular weight is 421 g/mol. The third-order valence-electron chi connectivity index (χ3n) is 2.45. The molecule has 0 atom stereocenters. The van der Waals surface area contributed by atoms with Gasteiger partial charge in [0.25, 0.3) is 0 Å². The maximum Gasteiger partial charge on any atom is 0.106 e. The molecule has 0 radical (unpaired) electrons. The average Bonchev–Trinajstić information content (AvgIpc) is 2.34. The van der Waals surface area contributed by atoms with Crippen molar-refractivity contribution < 1.29 is 0 Å². The Morgan fingerprint density at radius 3 is 2.42 bits per heavy atom. The topological polar surface area (TPSA) is 38.0 Å². The van der Waals surface area contributed by atoms with E-state index in [9.17, 15) is 0 Å². The van der Waals surface area contributed by atoms with Crippen LogP contribution in [0.5, 0.6) is 0 Å². The van der Waals surface area contributed by atoms with Gasteiger partial charge in [-0.05, 0) is 52.3 Å². The molecule has 0 spiro atoms. The molecule has 2 rings (SSSR count). The number of nitrogens with two attached hydrogens (primary N) is 1. The Hall–Kier alpha value is -0.620. The van der Waals surface area contributed by atoms with Crippen LogP contribution >= 0.6 is 55.7 Å². The SMILES string of the molecule is NC(=S)c1cc(Br)ccc1Nc1ccc(Cl)cc1Br. The monoisotopic (exact) mass is 418 g/mol. The zero-order valence-corrected chi connectivity index (χ0v) is 14.3. The fourth-order valence-corrected chi connectivity index (χ4v) is 2.88. The molecular formula is C13H9Br2ClN2S. The molecule has 0 amide bonds. The van der Waals surface area contributed by atoms with E-state index in [-0.39, 0.29) is 0 Å². The van der Waals surface area contributed by atoms with E-state index >= 15 is 0 Å². The van der Waals surface area contributed by atoms with Gasteiger partial charge in [-0.25, -0.2) is 0 Å². The van der Waals surface area contributed by atoms with Crippen LogP contribution < -0.4 is 11.1 Å². The molecule has 3 N–H and O–H groups in total. The van der Waals surface area contributed by atoms with E-state index < -0.39 is 0 Å². The quantitative estimate of drug-likeness (QED) is 0.667. The smallest absolute Gasteiger partial charge is 0.106 e. The van der Waals surface area contributed by atoms with Gasteiger partial charge < -0.3 is 11.1 Å². The maximum atomic E-state index is 5.92. The molecule has 2 aromatic rings. The van der Waals surface area contributed by atoms with Crippen molar-refractivity contribution in [3.05, 3.63) is 55.9 Å². The van der Waals surface area contributed by atoms with Crippen LogP contribution in [0.1, 0.15) is 5.56 Å². The van der Waals surface area contributed by atoms with Crippen molar-refractivity contribution in [2.45, 2.75) is 0 Å². The molecule has 0 unspecified atom stereocenters. The predicted molar refractivity (Wildman–Crippen MR) is 92.5 cm³/mol. The van der Waals surface area contributed by atoms with Crippen LogP contribution in [0.2, 0.25) is 5.02 Å². The first-order chi connectivity index (χ1) is 8.97. The number of halogens is 3. The van der Waals surface area contributed by atoms with E-state index in [2.05, 4.69) is 37.2 Å². The number of hydrogen-bond donors (Lipinski definition) is 2. The summed E-state index contributed by atoms with van der Waals surface area (Å²) in [6, 6.07) is 11.2. The number of thiocarbonyl (C=S) groups is 1. The van der Waals surface area contributed by atoms with Crippen molar-refractivity contribution >= 4 is 72.0 Å². The van der Waals surface area contributed by atoms with Gasteiger partial charge in [0.15, 0.2) is 0 Å². The van der Waals surface area contributed by atoms with Gasteiger partial charge in [-0.15, -0.1) is 0 Å². The zero-order chi connectivity index (χ0) is 14.0. The summed E-state index contributed by atoms with van der Waals surface area (Å²) in [5.41, 5.74) is 8.26. The zero-order valence-electron chi connectivity index (χ0n) is 9.58. The van der Waals surface area contributed by atoms with E-state index in [4.69, 9.17) is 29.6 Å². The molecule has 0 saturated carbocycles. The summed E-state index contributed by atoms with van der Waals surface area (Å²) in [5, 5.41) is 3.95. The third kappa shape index (κ3) is 3.69. The van der Waals surface area contributed by atoms with Crippen molar-refractivity contribution in [1.29, 1.82) is 0 Å². The molecular weight excluding hydrogens is 411 g/mol. The van der Waals surface area contributed by atoms with E-state index in [0.717, 1.165) is 25.9 Å². The second kappa shape index (κ2) is 6.22. The van der Waals surface area contributed by atoms with E-state index in [1.807, 2.05) is 36.4 Å². The minimum Gasteiger partial charge on any atom is -0.389 e. The molecule has 2 aromatic carbocycles. The summed E-state index contributed by atoms with van der Waals surface area (Å²) in [6.45, 7) is 0. The Morgan fingerprint density at radius 2 is 1.79 bits per heavy atom. The van der Waals surface area contributed by atoms with Gasteiger partial charge in [0.2, 0.25) is 0 Å². The first kappa shape index (κ1) is 14.8. The molecule has 0 aliphatic carbocycles. The van der Waals surface area contributed by atoms with Gasteiger partial charge in [-0.1, -0.05) is 39.7 Å². The lowest BCUT2D eigenvalue weighted by Gasteiger charge is -2.13. The first-order valence-corrected chi connectivity index (χ1v) is 7.66. The molecule has 0 aliphatic rings. The Morgan fingerprint density at radius 1 is 1.11 bits per heavy atom. The van der Waals surface area contributed by atoms with Gasteiger partial charge >= 0.3 is 0 Å². The Bertz CT molecular complexity index is 647. The number of anilines is 2. The van der Waals surface area contributed by atoms with Crippen molar-refractivity contribution in [1.82, 2.24) is 0 Å². The summed E-state index contributed by atoms with van der Waals surface area (Å²) in [4.78, 5) is 0.342. The maximum absolute atomic E-state index is 5.92. The van der Waals surface area contributed by atoms with Crippen LogP contribution in [-0.4, -0.2) is 4.99 Å². The molecule has 0 fully saturated rings. The molecule has 0 bridgehead atoms. The standard InChI is InChI=1S/C13H9Br2ClN2S/c14-7-1-3-11(9(5-7)13(17)19)18-12-4-2-8(16)6-10(12)15/h1-6,18H,(H2,17,19). The lowest BCUT2D eigenvalue weighted by atomic mass is 10.1. The van der Waals surface area contributed by atoms with Crippen molar-refractivity contribution in [2.24, 2.45) is 5.73 Å². The van der Waals surface area contributed by atoms with Gasteiger partial charge in [0, 0.05) is 25.2 Å². The van der Waals surface area contributed by atoms with Crippen molar-refractivity contribution in [3.8, 4) is 0 Å². The normalized spacial score (nSPS) is 10.3. The van der Waals surface area contributed by atoms with E-state index in [1.165, 1.54) is 0 Å². The van der Waals surface area contributed by atoms with Crippen molar-refractivity contribution in [3.63, 3.8) is 0 Å². The van der Waals surface area contributed by atoms with Crippen LogP contribution in [0.4, 0.5) is 11.4 Å². The van der Waals surface area contributed by atoms with Crippen LogP contribution in [0.15, 0.2) is 45.3 Å². The lowest BCUT2D eigenvalue weighted by molar-refractivity contribution is 1.49. The van der Waals surface area contributed by atoms with Crippen LogP contribution in [0.3, 0.4) is 0 Å². The highest BCUT2D eigenvalue weighted by Crippen LogP contribution is 2.31. The van der Waals surface area contributed by atoms with Crippen LogP contribution in [0.25, 0.3) is 0 Å². The summed E-state index contributed by atoms with van der Waals surface area (Å²) < 4.78 is 1.80. The number of rotatable bonds is 3. The Kier molecular flexibility index (Phi) is 4.84. The summed E-state index contributed by atoms with van der Waals surface area (Å²) in [6.07, 6.45) is 0. The molecule has 19 heavy (non-hydrogen) atoms. The van der Waals surface area contributed by atoms with Gasteiger partial charge in [0.1, 0.15) is 4.99 Å². The third-order valence-corrected chi connectivity index (χ3v) is 4.05. The first-order valence-electron chi connectivity index (χ1n) is 5.29. The van der Waals surface area contributed by atoms with E-state index in [1.54, 1.807) is 0 Å². The minimum atomic E-state index is 0.342.